The van der Waals surface area contributed by atoms with Gasteiger partial charge in [0.05, 0.1) is 0 Å². The summed E-state index contributed by atoms with van der Waals surface area (Å²) in [4.78, 5) is 10.7. The Hall–Kier alpha value is -6.48. The van der Waals surface area contributed by atoms with Crippen LogP contribution in [0.3, 0.4) is 0 Å². The molecule has 52 heavy (non-hydrogen) atoms. The fourth-order valence-electron chi connectivity index (χ4n) is 7.99. The zero-order valence-electron chi connectivity index (χ0n) is 28.0. The van der Waals surface area contributed by atoms with Gasteiger partial charge in [-0.05, 0) is 70.3 Å². The Kier molecular flexibility index (Phi) is 6.49. The monoisotopic (exact) mass is 683 g/mol. The fraction of sp³-hybridized carbons (Fsp3) is 0.0638. The van der Waals surface area contributed by atoms with Crippen molar-refractivity contribution in [1.82, 2.24) is 5.32 Å². The molecule has 1 atom stereocenters. The molecule has 3 heterocycles. The molecule has 1 N–H and O–H groups in total. The topological polar surface area (TPSA) is 49.9 Å². The Morgan fingerprint density at radius 1 is 0.673 bits per heavy atom. The van der Waals surface area contributed by atoms with E-state index in [1.165, 1.54) is 31.1 Å². The molecule has 4 nitrogen and oxygen atoms in total. The zero-order valence-corrected chi connectivity index (χ0v) is 28.8. The van der Waals surface area contributed by atoms with E-state index in [0.717, 1.165) is 79.4 Å². The van der Waals surface area contributed by atoms with Crippen molar-refractivity contribution in [2.45, 2.75) is 19.0 Å². The Bertz CT molecular complexity index is 3060. The number of benzene rings is 7. The number of furan rings is 1. The highest BCUT2D eigenvalue weighted by atomic mass is 32.1. The first kappa shape index (κ1) is 29.3. The van der Waals surface area contributed by atoms with E-state index in [9.17, 15) is 0 Å². The number of aliphatic imine (C=N–C) groups is 2. The van der Waals surface area contributed by atoms with Crippen LogP contribution in [0.15, 0.2) is 154 Å². The van der Waals surface area contributed by atoms with E-state index in [1.54, 1.807) is 0 Å². The molecular formula is C47H29N3OS. The minimum absolute atomic E-state index is 0.330. The van der Waals surface area contributed by atoms with Crippen LogP contribution >= 0.6 is 11.3 Å². The van der Waals surface area contributed by atoms with Crippen LogP contribution in [0, 0.1) is 11.8 Å². The lowest BCUT2D eigenvalue weighted by atomic mass is 9.88. The van der Waals surface area contributed by atoms with Gasteiger partial charge in [-0.15, -0.1) is 11.3 Å². The van der Waals surface area contributed by atoms with Crippen molar-refractivity contribution in [2.75, 3.05) is 0 Å². The van der Waals surface area contributed by atoms with Gasteiger partial charge in [0.15, 0.2) is 5.84 Å². The van der Waals surface area contributed by atoms with Crippen LogP contribution < -0.4 is 5.32 Å². The smallest absolute Gasteiger partial charge is 0.159 e. The molecule has 2 aromatic heterocycles. The molecule has 0 saturated carbocycles. The Morgan fingerprint density at radius 2 is 1.44 bits per heavy atom. The van der Waals surface area contributed by atoms with Gasteiger partial charge in [-0.2, -0.15) is 0 Å². The summed E-state index contributed by atoms with van der Waals surface area (Å²) in [7, 11) is 0. The van der Waals surface area contributed by atoms with Crippen molar-refractivity contribution in [3.8, 4) is 23.0 Å². The third kappa shape index (κ3) is 4.55. The molecule has 11 rings (SSSR count). The van der Waals surface area contributed by atoms with Crippen LogP contribution in [-0.2, 0) is 6.42 Å². The first-order chi connectivity index (χ1) is 25.8. The molecule has 0 saturated heterocycles. The zero-order chi connectivity index (χ0) is 34.2. The third-order valence-corrected chi connectivity index (χ3v) is 11.6. The van der Waals surface area contributed by atoms with E-state index in [2.05, 4.69) is 145 Å². The van der Waals surface area contributed by atoms with E-state index in [1.807, 2.05) is 23.5 Å². The second-order valence-corrected chi connectivity index (χ2v) is 14.5. The van der Waals surface area contributed by atoms with Crippen molar-refractivity contribution in [1.29, 1.82) is 0 Å². The van der Waals surface area contributed by atoms with Crippen LogP contribution in [0.2, 0.25) is 0 Å². The minimum atomic E-state index is -0.330. The summed E-state index contributed by atoms with van der Waals surface area (Å²) in [5.74, 6) is 8.31. The molecule has 2 aliphatic rings. The van der Waals surface area contributed by atoms with E-state index in [-0.39, 0.29) is 6.17 Å². The summed E-state index contributed by atoms with van der Waals surface area (Å²) < 4.78 is 9.32. The van der Waals surface area contributed by atoms with Gasteiger partial charge in [-0.3, -0.25) is 0 Å². The van der Waals surface area contributed by atoms with Gasteiger partial charge in [0, 0.05) is 59.6 Å². The van der Waals surface area contributed by atoms with E-state index < -0.39 is 0 Å². The summed E-state index contributed by atoms with van der Waals surface area (Å²) in [6, 6.07) is 49.3. The predicted molar refractivity (Wildman–Crippen MR) is 217 cm³/mol. The van der Waals surface area contributed by atoms with Gasteiger partial charge >= 0.3 is 0 Å². The van der Waals surface area contributed by atoms with Gasteiger partial charge in [0.2, 0.25) is 0 Å². The van der Waals surface area contributed by atoms with Crippen molar-refractivity contribution < 1.29 is 4.42 Å². The van der Waals surface area contributed by atoms with Crippen molar-refractivity contribution >= 4 is 75.9 Å². The molecular weight excluding hydrogens is 655 g/mol. The molecule has 5 heteroatoms. The molecule has 1 aliphatic heterocycles. The normalized spacial score (nSPS) is 15.3. The van der Waals surface area contributed by atoms with Gasteiger partial charge in [0.1, 0.15) is 23.2 Å². The quantitative estimate of drug-likeness (QED) is 0.188. The molecule has 0 spiro atoms. The van der Waals surface area contributed by atoms with Crippen molar-refractivity contribution in [2.24, 2.45) is 9.98 Å². The van der Waals surface area contributed by atoms with Gasteiger partial charge in [-0.1, -0.05) is 115 Å². The fourth-order valence-corrected chi connectivity index (χ4v) is 9.13. The second kappa shape index (κ2) is 11.5. The number of hydrogen-bond donors (Lipinski definition) is 1. The molecule has 7 aromatic carbocycles. The number of nitrogens with one attached hydrogen (secondary N) is 1. The minimum Gasteiger partial charge on any atom is -0.455 e. The number of amidine groups is 2. The van der Waals surface area contributed by atoms with Crippen LogP contribution in [0.4, 0.5) is 0 Å². The average Bonchev–Trinajstić information content (AvgIpc) is 3.79. The Morgan fingerprint density at radius 3 is 2.37 bits per heavy atom. The van der Waals surface area contributed by atoms with Crippen molar-refractivity contribution in [3.05, 3.63) is 167 Å². The molecule has 0 bridgehead atoms. The summed E-state index contributed by atoms with van der Waals surface area (Å²) in [6.45, 7) is 0. The maximum atomic E-state index is 6.76. The number of hydrogen-bond acceptors (Lipinski definition) is 5. The molecule has 0 radical (unpaired) electrons. The summed E-state index contributed by atoms with van der Waals surface area (Å²) >= 11 is 1.83. The lowest BCUT2D eigenvalue weighted by Gasteiger charge is -2.25. The molecule has 9 aromatic rings. The largest absolute Gasteiger partial charge is 0.455 e. The Labute approximate surface area is 303 Å². The van der Waals surface area contributed by atoms with Crippen LogP contribution in [0.25, 0.3) is 64.0 Å². The highest BCUT2D eigenvalue weighted by Crippen LogP contribution is 2.42. The van der Waals surface area contributed by atoms with Crippen molar-refractivity contribution in [3.63, 3.8) is 0 Å². The van der Waals surface area contributed by atoms with E-state index in [0.29, 0.717) is 5.84 Å². The number of para-hydroxylation sites is 1. The van der Waals surface area contributed by atoms with E-state index >= 15 is 0 Å². The lowest BCUT2D eigenvalue weighted by Crippen LogP contribution is -2.34. The van der Waals surface area contributed by atoms with Crippen LogP contribution in [0.1, 0.15) is 40.4 Å². The maximum Gasteiger partial charge on any atom is 0.159 e. The first-order valence-corrected chi connectivity index (χ1v) is 18.5. The highest BCUT2D eigenvalue weighted by Gasteiger charge is 2.27. The van der Waals surface area contributed by atoms with Gasteiger partial charge in [0.25, 0.3) is 0 Å². The standard InChI is InChI=1S/C47H29N3OS/c1-2-12-28(13-3-1)45-48-46(50-47(49-45)39-26-29-14-4-5-15-31(29)33-16-6-7-17-34(33)39)38-25-24-32(44-43(38)37-19-8-10-20-40(37)51-44)30-22-23-36-35-18-9-11-21-41(35)52-42(36)27-30/h1-5,8-15,18-27,45H,7,17H2,(H,48,49,50). The molecule has 1 unspecified atom stereocenters. The lowest BCUT2D eigenvalue weighted by molar-refractivity contribution is 0.668. The SMILES string of the molecule is C1#Cc2c(c(C3=NC(c4ccccc4)NC(c4ccc(-c5ccc6c(c5)sc5ccccc56)c5oc6ccccc6c45)=N3)cc3ccccc23)CC1. The second-order valence-electron chi connectivity index (χ2n) is 13.4. The van der Waals surface area contributed by atoms with Crippen LogP contribution in [0.5, 0.6) is 0 Å². The average molecular weight is 684 g/mol. The highest BCUT2D eigenvalue weighted by molar-refractivity contribution is 7.25. The number of thiophene rings is 1. The number of fused-ring (bicyclic) bond motifs is 9. The third-order valence-electron chi connectivity index (χ3n) is 10.4. The van der Waals surface area contributed by atoms with Gasteiger partial charge < -0.3 is 9.73 Å². The van der Waals surface area contributed by atoms with E-state index in [4.69, 9.17) is 14.4 Å². The van der Waals surface area contributed by atoms with Crippen LogP contribution in [-0.4, -0.2) is 11.7 Å². The summed E-state index contributed by atoms with van der Waals surface area (Å²) in [5.41, 5.74) is 9.30. The predicted octanol–water partition coefficient (Wildman–Crippen LogP) is 11.6. The number of nitrogens with zero attached hydrogens (tertiary/aromatic N) is 2. The van der Waals surface area contributed by atoms with Gasteiger partial charge in [-0.25, -0.2) is 9.98 Å². The maximum absolute atomic E-state index is 6.76. The molecule has 1 aliphatic carbocycles. The first-order valence-electron chi connectivity index (χ1n) is 17.6. The number of rotatable bonds is 4. The molecule has 0 fully saturated rings. The summed E-state index contributed by atoms with van der Waals surface area (Å²) in [5, 5.41) is 10.7. The molecule has 244 valence electrons. The Balaban J connectivity index is 1.14. The molecule has 0 amide bonds. The summed E-state index contributed by atoms with van der Waals surface area (Å²) in [6.07, 6.45) is 1.35.